The number of aromatic nitrogens is 3. The molecule has 0 fully saturated rings. The van der Waals surface area contributed by atoms with Crippen molar-refractivity contribution >= 4 is 10.0 Å². The maximum atomic E-state index is 12.3. The number of hydrogen-bond donors (Lipinski definition) is 1. The highest BCUT2D eigenvalue weighted by Gasteiger charge is 2.13. The van der Waals surface area contributed by atoms with Gasteiger partial charge in [0.1, 0.15) is 0 Å². The van der Waals surface area contributed by atoms with Gasteiger partial charge in [0.2, 0.25) is 15.8 Å². The predicted octanol–water partition coefficient (Wildman–Crippen LogP) is 3.28. The summed E-state index contributed by atoms with van der Waals surface area (Å²) in [6.07, 6.45) is 3.33. The lowest BCUT2D eigenvalue weighted by atomic mass is 10.1. The second-order valence-corrected chi connectivity index (χ2v) is 7.76. The molecule has 0 spiro atoms. The van der Waals surface area contributed by atoms with E-state index in [1.807, 2.05) is 24.3 Å². The van der Waals surface area contributed by atoms with Crippen molar-refractivity contribution in [1.29, 1.82) is 0 Å². The Morgan fingerprint density at radius 3 is 2.29 bits per heavy atom. The third-order valence-corrected chi connectivity index (χ3v) is 5.50. The van der Waals surface area contributed by atoms with Crippen LogP contribution in [0.5, 0.6) is 0 Å². The summed E-state index contributed by atoms with van der Waals surface area (Å²) in [4.78, 5) is 8.59. The molecule has 0 atom stereocenters. The van der Waals surface area contributed by atoms with Gasteiger partial charge in [-0.15, -0.1) is 0 Å². The topological polar surface area (TPSA) is 98.0 Å². The van der Waals surface area contributed by atoms with Crippen molar-refractivity contribution in [2.75, 3.05) is 0 Å². The minimum absolute atomic E-state index is 0.184. The normalized spacial score (nSPS) is 11.4. The Morgan fingerprint density at radius 1 is 0.857 bits per heavy atom. The first kappa shape index (κ1) is 18.0. The molecule has 0 saturated carbocycles. The Bertz CT molecular complexity index is 1160. The van der Waals surface area contributed by atoms with E-state index in [0.717, 1.165) is 16.7 Å². The molecule has 7 nitrogen and oxygen atoms in total. The lowest BCUT2D eigenvalue weighted by Gasteiger charge is -2.07. The van der Waals surface area contributed by atoms with E-state index in [2.05, 4.69) is 19.8 Å². The van der Waals surface area contributed by atoms with Crippen LogP contribution >= 0.6 is 0 Å². The molecule has 140 valence electrons. The average Bonchev–Trinajstić information content (AvgIpc) is 3.24. The van der Waals surface area contributed by atoms with Gasteiger partial charge in [-0.1, -0.05) is 35.5 Å². The Morgan fingerprint density at radius 2 is 1.57 bits per heavy atom. The fourth-order valence-corrected chi connectivity index (χ4v) is 3.62. The van der Waals surface area contributed by atoms with E-state index in [1.165, 1.54) is 0 Å². The lowest BCUT2D eigenvalue weighted by molar-refractivity contribution is 0.432. The van der Waals surface area contributed by atoms with Crippen LogP contribution in [0, 0.1) is 0 Å². The van der Waals surface area contributed by atoms with Crippen molar-refractivity contribution in [3.63, 3.8) is 0 Å². The van der Waals surface area contributed by atoms with Crippen LogP contribution < -0.4 is 4.72 Å². The molecule has 2 heterocycles. The monoisotopic (exact) mass is 392 g/mol. The van der Waals surface area contributed by atoms with Gasteiger partial charge in [0.05, 0.1) is 4.90 Å². The summed E-state index contributed by atoms with van der Waals surface area (Å²) >= 11 is 0. The quantitative estimate of drug-likeness (QED) is 0.541. The fraction of sp³-hybridized carbons (Fsp3) is 0.0500. The number of pyridine rings is 1. The summed E-state index contributed by atoms with van der Waals surface area (Å²) in [6.45, 7) is 0.184. The van der Waals surface area contributed by atoms with Crippen LogP contribution in [0.15, 0.2) is 88.5 Å². The summed E-state index contributed by atoms with van der Waals surface area (Å²) < 4.78 is 32.5. The number of nitrogens with zero attached hydrogens (tertiary/aromatic N) is 3. The molecule has 0 radical (unpaired) electrons. The standard InChI is InChI=1S/C20H16N4O3S/c25-28(26,18-4-2-1-3-5-18)22-14-15-6-8-17(9-7-15)20-23-19(24-27-20)16-10-12-21-13-11-16/h1-13,22H,14H2. The Hall–Kier alpha value is -3.36. The average molecular weight is 392 g/mol. The smallest absolute Gasteiger partial charge is 0.258 e. The molecule has 1 N–H and O–H groups in total. The maximum absolute atomic E-state index is 12.3. The summed E-state index contributed by atoms with van der Waals surface area (Å²) in [6, 6.07) is 19.1. The molecule has 28 heavy (non-hydrogen) atoms. The van der Waals surface area contributed by atoms with E-state index in [0.29, 0.717) is 11.7 Å². The van der Waals surface area contributed by atoms with E-state index in [4.69, 9.17) is 4.52 Å². The number of rotatable bonds is 6. The lowest BCUT2D eigenvalue weighted by Crippen LogP contribution is -2.23. The molecule has 0 aliphatic heterocycles. The molecule has 2 aromatic carbocycles. The van der Waals surface area contributed by atoms with Gasteiger partial charge in [0.15, 0.2) is 0 Å². The molecule has 0 amide bonds. The highest BCUT2D eigenvalue weighted by atomic mass is 32.2. The molecule has 0 aliphatic rings. The second kappa shape index (κ2) is 7.71. The molecule has 0 aliphatic carbocycles. The number of nitrogens with one attached hydrogen (secondary N) is 1. The third kappa shape index (κ3) is 3.98. The van der Waals surface area contributed by atoms with Crippen LogP contribution in [-0.2, 0) is 16.6 Å². The Labute approximate surface area is 162 Å². The maximum Gasteiger partial charge on any atom is 0.258 e. The van der Waals surface area contributed by atoms with Crippen LogP contribution in [0.4, 0.5) is 0 Å². The summed E-state index contributed by atoms with van der Waals surface area (Å²) in [5.41, 5.74) is 2.39. The minimum atomic E-state index is -3.54. The number of hydrogen-bond acceptors (Lipinski definition) is 6. The molecule has 0 bridgehead atoms. The van der Waals surface area contributed by atoms with E-state index in [9.17, 15) is 8.42 Å². The van der Waals surface area contributed by atoms with Crippen molar-refractivity contribution in [3.8, 4) is 22.8 Å². The highest BCUT2D eigenvalue weighted by Crippen LogP contribution is 2.22. The molecule has 4 rings (SSSR count). The largest absolute Gasteiger partial charge is 0.334 e. The van der Waals surface area contributed by atoms with Gasteiger partial charge < -0.3 is 4.52 Å². The van der Waals surface area contributed by atoms with Crippen molar-refractivity contribution in [2.45, 2.75) is 11.4 Å². The van der Waals surface area contributed by atoms with Crippen LogP contribution in [-0.4, -0.2) is 23.5 Å². The van der Waals surface area contributed by atoms with Gasteiger partial charge in [0, 0.05) is 30.1 Å². The number of sulfonamides is 1. The zero-order chi connectivity index (χ0) is 19.4. The zero-order valence-electron chi connectivity index (χ0n) is 14.7. The van der Waals surface area contributed by atoms with Crippen LogP contribution in [0.2, 0.25) is 0 Å². The van der Waals surface area contributed by atoms with Crippen LogP contribution in [0.3, 0.4) is 0 Å². The van der Waals surface area contributed by atoms with Crippen molar-refractivity contribution in [2.24, 2.45) is 0 Å². The molecule has 2 aromatic heterocycles. The number of benzene rings is 2. The van der Waals surface area contributed by atoms with Crippen molar-refractivity contribution in [1.82, 2.24) is 19.8 Å². The molecular formula is C20H16N4O3S. The van der Waals surface area contributed by atoms with E-state index < -0.39 is 10.0 Å². The summed E-state index contributed by atoms with van der Waals surface area (Å²) in [7, 11) is -3.54. The zero-order valence-corrected chi connectivity index (χ0v) is 15.5. The van der Waals surface area contributed by atoms with Crippen molar-refractivity contribution < 1.29 is 12.9 Å². The Kier molecular flexibility index (Phi) is 4.96. The van der Waals surface area contributed by atoms with Crippen LogP contribution in [0.1, 0.15) is 5.56 Å². The van der Waals surface area contributed by atoms with Gasteiger partial charge in [-0.3, -0.25) is 4.98 Å². The van der Waals surface area contributed by atoms with Gasteiger partial charge in [-0.05, 0) is 42.0 Å². The van der Waals surface area contributed by atoms with Crippen LogP contribution in [0.25, 0.3) is 22.8 Å². The van der Waals surface area contributed by atoms with Gasteiger partial charge >= 0.3 is 0 Å². The third-order valence-electron chi connectivity index (χ3n) is 4.09. The molecule has 4 aromatic rings. The van der Waals surface area contributed by atoms with Gasteiger partial charge in [0.25, 0.3) is 5.89 Å². The fourth-order valence-electron chi connectivity index (χ4n) is 2.59. The highest BCUT2D eigenvalue weighted by molar-refractivity contribution is 7.89. The first-order valence-corrected chi connectivity index (χ1v) is 9.98. The van der Waals surface area contributed by atoms with Gasteiger partial charge in [-0.2, -0.15) is 4.98 Å². The Balaban J connectivity index is 1.45. The van der Waals surface area contributed by atoms with Gasteiger partial charge in [-0.25, -0.2) is 13.1 Å². The van der Waals surface area contributed by atoms with E-state index in [-0.39, 0.29) is 11.4 Å². The summed E-state index contributed by atoms with van der Waals surface area (Å²) in [5.74, 6) is 0.875. The molecule has 0 unspecified atom stereocenters. The molecule has 8 heteroatoms. The van der Waals surface area contributed by atoms with E-state index >= 15 is 0 Å². The molecule has 0 saturated heterocycles. The van der Waals surface area contributed by atoms with E-state index in [1.54, 1.807) is 54.9 Å². The predicted molar refractivity (Wildman–Crippen MR) is 103 cm³/mol. The second-order valence-electron chi connectivity index (χ2n) is 5.99. The first-order valence-electron chi connectivity index (χ1n) is 8.50. The SMILES string of the molecule is O=S(=O)(NCc1ccc(-c2nc(-c3ccncc3)no2)cc1)c1ccccc1. The first-order chi connectivity index (χ1) is 13.6. The minimum Gasteiger partial charge on any atom is -0.334 e. The summed E-state index contributed by atoms with van der Waals surface area (Å²) in [5, 5.41) is 3.98. The molecular weight excluding hydrogens is 376 g/mol. The van der Waals surface area contributed by atoms with Crippen molar-refractivity contribution in [3.05, 3.63) is 84.7 Å².